The van der Waals surface area contributed by atoms with Crippen molar-refractivity contribution < 1.29 is 4.79 Å². The Morgan fingerprint density at radius 3 is 2.30 bits per heavy atom. The van der Waals surface area contributed by atoms with Crippen molar-refractivity contribution in [3.8, 4) is 17.1 Å². The molecule has 1 fully saturated rings. The Morgan fingerprint density at radius 2 is 1.67 bits per heavy atom. The Bertz CT molecular complexity index is 1130. The third-order valence-electron chi connectivity index (χ3n) is 5.57. The first kappa shape index (κ1) is 23.6. The van der Waals surface area contributed by atoms with Crippen molar-refractivity contribution in [2.24, 2.45) is 0 Å². The summed E-state index contributed by atoms with van der Waals surface area (Å²) in [6, 6.07) is 17.9. The monoisotopic (exact) mass is 484 g/mol. The Labute approximate surface area is 204 Å². The number of hydrogen-bond donors (Lipinski definition) is 1. The van der Waals surface area contributed by atoms with Gasteiger partial charge in [0, 0.05) is 48.5 Å². The average Bonchev–Trinajstić information content (AvgIpc) is 3.11. The molecule has 0 aliphatic carbocycles. The third-order valence-corrected chi connectivity index (χ3v) is 6.22. The lowest BCUT2D eigenvalue weighted by Crippen LogP contribution is -2.50. The van der Waals surface area contributed by atoms with E-state index in [0.717, 1.165) is 43.3 Å². The largest absolute Gasteiger partial charge is 0.353 e. The summed E-state index contributed by atoms with van der Waals surface area (Å²) in [5, 5.41) is 8.54. The van der Waals surface area contributed by atoms with Crippen LogP contribution in [-0.4, -0.2) is 68.8 Å². The highest BCUT2D eigenvalue weighted by Gasteiger charge is 2.21. The van der Waals surface area contributed by atoms with Crippen LogP contribution in [0, 0.1) is 4.77 Å². The van der Waals surface area contributed by atoms with E-state index in [2.05, 4.69) is 15.1 Å². The van der Waals surface area contributed by atoms with Gasteiger partial charge in [-0.15, -0.1) is 5.10 Å². The number of carbonyl (C=O) groups excluding carboxylic acids is 1. The first-order valence-corrected chi connectivity index (χ1v) is 11.9. The molecule has 0 atom stereocenters. The van der Waals surface area contributed by atoms with E-state index in [0.29, 0.717) is 23.0 Å². The minimum absolute atomic E-state index is 0.0786. The second-order valence-electron chi connectivity index (χ2n) is 8.54. The number of halogens is 1. The topological polar surface area (TPSA) is 58.3 Å². The minimum atomic E-state index is 0.0786. The number of piperazine rings is 1. The van der Waals surface area contributed by atoms with Gasteiger partial charge in [-0.1, -0.05) is 29.8 Å². The van der Waals surface area contributed by atoms with Crippen molar-refractivity contribution >= 4 is 29.7 Å². The van der Waals surface area contributed by atoms with Gasteiger partial charge < -0.3 is 5.32 Å². The molecule has 2 heterocycles. The first-order valence-electron chi connectivity index (χ1n) is 11.2. The number of benzene rings is 2. The first-order chi connectivity index (χ1) is 15.9. The SMILES string of the molecule is CC(C)NC(=O)CN1CCN(Cn2nc(-c3ccc(Cl)cc3)n(-c3ccccc3)c2=S)CC1. The van der Waals surface area contributed by atoms with Crippen molar-refractivity contribution in [3.05, 3.63) is 64.4 Å². The number of rotatable bonds is 7. The van der Waals surface area contributed by atoms with Gasteiger partial charge in [-0.2, -0.15) is 0 Å². The van der Waals surface area contributed by atoms with Gasteiger partial charge in [0.1, 0.15) is 0 Å². The lowest BCUT2D eigenvalue weighted by Gasteiger charge is -2.34. The maximum Gasteiger partial charge on any atom is 0.234 e. The van der Waals surface area contributed by atoms with Crippen LogP contribution in [0.25, 0.3) is 17.1 Å². The number of para-hydroxylation sites is 1. The van der Waals surface area contributed by atoms with Crippen LogP contribution < -0.4 is 5.32 Å². The summed E-state index contributed by atoms with van der Waals surface area (Å²) in [6.07, 6.45) is 0. The van der Waals surface area contributed by atoms with E-state index in [4.69, 9.17) is 28.9 Å². The van der Waals surface area contributed by atoms with E-state index < -0.39 is 0 Å². The Balaban J connectivity index is 1.52. The van der Waals surface area contributed by atoms with Crippen LogP contribution in [-0.2, 0) is 11.5 Å². The summed E-state index contributed by atoms with van der Waals surface area (Å²) in [4.78, 5) is 16.6. The number of nitrogens with zero attached hydrogens (tertiary/aromatic N) is 5. The molecule has 174 valence electrons. The fraction of sp³-hybridized carbons (Fsp3) is 0.375. The normalized spacial score (nSPS) is 15.2. The van der Waals surface area contributed by atoms with Gasteiger partial charge in [0.25, 0.3) is 0 Å². The molecule has 1 aliphatic heterocycles. The van der Waals surface area contributed by atoms with E-state index in [9.17, 15) is 4.79 Å². The third kappa shape index (κ3) is 5.89. The molecule has 0 spiro atoms. The Hall–Kier alpha value is -2.52. The van der Waals surface area contributed by atoms with Crippen LogP contribution in [0.15, 0.2) is 54.6 Å². The fourth-order valence-electron chi connectivity index (χ4n) is 3.94. The van der Waals surface area contributed by atoms with Crippen LogP contribution in [0.5, 0.6) is 0 Å². The standard InChI is InChI=1S/C24H29ClN6OS/c1-18(2)26-22(32)16-28-12-14-29(15-13-28)17-30-24(33)31(21-6-4-3-5-7-21)23(27-30)19-8-10-20(25)11-9-19/h3-11,18H,12-17H2,1-2H3,(H,26,32). The molecule has 1 saturated heterocycles. The highest BCUT2D eigenvalue weighted by molar-refractivity contribution is 7.71. The summed E-state index contributed by atoms with van der Waals surface area (Å²) < 4.78 is 4.53. The molecule has 0 radical (unpaired) electrons. The van der Waals surface area contributed by atoms with Crippen molar-refractivity contribution in [1.82, 2.24) is 29.5 Å². The summed E-state index contributed by atoms with van der Waals surface area (Å²) in [6.45, 7) is 8.37. The second-order valence-corrected chi connectivity index (χ2v) is 9.34. The summed E-state index contributed by atoms with van der Waals surface area (Å²) in [5.74, 6) is 0.863. The molecule has 1 amide bonds. The summed E-state index contributed by atoms with van der Waals surface area (Å²) in [7, 11) is 0. The molecule has 2 aromatic carbocycles. The van der Waals surface area contributed by atoms with Gasteiger partial charge in [-0.3, -0.25) is 19.2 Å². The van der Waals surface area contributed by atoms with Gasteiger partial charge >= 0.3 is 0 Å². The fourth-order valence-corrected chi connectivity index (χ4v) is 4.36. The molecular formula is C24H29ClN6OS. The Kier molecular flexibility index (Phi) is 7.60. The van der Waals surface area contributed by atoms with Crippen LogP contribution in [0.1, 0.15) is 13.8 Å². The van der Waals surface area contributed by atoms with Gasteiger partial charge in [0.15, 0.2) is 5.82 Å². The molecule has 0 unspecified atom stereocenters. The predicted octanol–water partition coefficient (Wildman–Crippen LogP) is 3.82. The zero-order chi connectivity index (χ0) is 23.4. The van der Waals surface area contributed by atoms with Gasteiger partial charge in [0.05, 0.1) is 13.2 Å². The zero-order valence-electron chi connectivity index (χ0n) is 18.9. The van der Waals surface area contributed by atoms with E-state index in [1.54, 1.807) is 0 Å². The molecule has 9 heteroatoms. The lowest BCUT2D eigenvalue weighted by atomic mass is 10.2. The van der Waals surface area contributed by atoms with Crippen molar-refractivity contribution in [2.45, 2.75) is 26.6 Å². The maximum absolute atomic E-state index is 12.1. The average molecular weight is 485 g/mol. The lowest BCUT2D eigenvalue weighted by molar-refractivity contribution is -0.123. The molecular weight excluding hydrogens is 456 g/mol. The minimum Gasteiger partial charge on any atom is -0.353 e. The van der Waals surface area contributed by atoms with Crippen molar-refractivity contribution in [2.75, 3.05) is 32.7 Å². The van der Waals surface area contributed by atoms with Crippen LogP contribution in [0.2, 0.25) is 5.02 Å². The zero-order valence-corrected chi connectivity index (χ0v) is 20.5. The quantitative estimate of drug-likeness (QED) is 0.516. The maximum atomic E-state index is 12.1. The van der Waals surface area contributed by atoms with E-state index in [-0.39, 0.29) is 11.9 Å². The molecule has 3 aromatic rings. The van der Waals surface area contributed by atoms with Crippen molar-refractivity contribution in [1.29, 1.82) is 0 Å². The van der Waals surface area contributed by atoms with Crippen LogP contribution in [0.3, 0.4) is 0 Å². The second kappa shape index (κ2) is 10.6. The van der Waals surface area contributed by atoms with E-state index in [1.807, 2.05) is 77.7 Å². The molecule has 7 nitrogen and oxygen atoms in total. The van der Waals surface area contributed by atoms with Crippen LogP contribution >= 0.6 is 23.8 Å². The number of hydrogen-bond acceptors (Lipinski definition) is 5. The molecule has 1 N–H and O–H groups in total. The van der Waals surface area contributed by atoms with Gasteiger partial charge in [0.2, 0.25) is 10.7 Å². The number of nitrogens with one attached hydrogen (secondary N) is 1. The summed E-state index contributed by atoms with van der Waals surface area (Å²) in [5.41, 5.74) is 1.92. The summed E-state index contributed by atoms with van der Waals surface area (Å²) >= 11 is 12.0. The number of carbonyl (C=O) groups is 1. The van der Waals surface area contributed by atoms with Crippen molar-refractivity contribution in [3.63, 3.8) is 0 Å². The van der Waals surface area contributed by atoms with Gasteiger partial charge in [-0.25, -0.2) is 4.68 Å². The van der Waals surface area contributed by atoms with Gasteiger partial charge in [-0.05, 0) is 62.5 Å². The predicted molar refractivity (Wildman–Crippen MR) is 134 cm³/mol. The van der Waals surface area contributed by atoms with E-state index >= 15 is 0 Å². The smallest absolute Gasteiger partial charge is 0.234 e. The highest BCUT2D eigenvalue weighted by Crippen LogP contribution is 2.24. The molecule has 1 aliphatic rings. The molecule has 33 heavy (non-hydrogen) atoms. The molecule has 0 bridgehead atoms. The molecule has 1 aromatic heterocycles. The van der Waals surface area contributed by atoms with Crippen LogP contribution in [0.4, 0.5) is 0 Å². The molecule has 4 rings (SSSR count). The number of amides is 1. The number of aromatic nitrogens is 3. The highest BCUT2D eigenvalue weighted by atomic mass is 35.5. The molecule has 0 saturated carbocycles. The Morgan fingerprint density at radius 1 is 1.03 bits per heavy atom. The van der Waals surface area contributed by atoms with E-state index in [1.165, 1.54) is 0 Å².